The van der Waals surface area contributed by atoms with Crippen molar-refractivity contribution in [2.24, 2.45) is 23.5 Å². The van der Waals surface area contributed by atoms with Crippen LogP contribution >= 0.6 is 0 Å². The van der Waals surface area contributed by atoms with Crippen molar-refractivity contribution in [2.45, 2.75) is 70.1 Å². The third-order valence-corrected chi connectivity index (χ3v) is 10.5. The molecule has 0 saturated heterocycles. The first-order valence-electron chi connectivity index (χ1n) is 17.2. The average Bonchev–Trinajstić information content (AvgIpc) is 3.06. The molecule has 5 N–H and O–H groups in total. The number of carbonyl (C=O) groups excluding carboxylic acids is 1. The molecule has 4 aromatic carbocycles. The van der Waals surface area contributed by atoms with Gasteiger partial charge in [0.15, 0.2) is 0 Å². The predicted molar refractivity (Wildman–Crippen MR) is 196 cm³/mol. The summed E-state index contributed by atoms with van der Waals surface area (Å²) in [6, 6.07) is 27.5. The fourth-order valence-electron chi connectivity index (χ4n) is 8.66. The van der Waals surface area contributed by atoms with Gasteiger partial charge in [-0.2, -0.15) is 0 Å². The summed E-state index contributed by atoms with van der Waals surface area (Å²) in [5.41, 5.74) is 13.2. The fourth-order valence-corrected chi connectivity index (χ4v) is 8.66. The lowest BCUT2D eigenvalue weighted by atomic mass is 9.48. The van der Waals surface area contributed by atoms with Gasteiger partial charge in [-0.25, -0.2) is 0 Å². The van der Waals surface area contributed by atoms with Crippen LogP contribution < -0.4 is 5.73 Å². The molecule has 4 bridgehead atoms. The number of phenols is 2. The highest BCUT2D eigenvalue weighted by molar-refractivity contribution is 5.92. The third-order valence-electron chi connectivity index (χ3n) is 10.5. The Balaban J connectivity index is 0.000000178. The van der Waals surface area contributed by atoms with Gasteiger partial charge < -0.3 is 21.1 Å². The normalized spacial score (nSPS) is 21.8. The van der Waals surface area contributed by atoms with Gasteiger partial charge in [-0.1, -0.05) is 74.9 Å². The zero-order valence-corrected chi connectivity index (χ0v) is 28.6. The number of benzene rings is 4. The largest absolute Gasteiger partial charge is 0.508 e. The van der Waals surface area contributed by atoms with Crippen molar-refractivity contribution in [3.63, 3.8) is 0 Å². The summed E-state index contributed by atoms with van der Waals surface area (Å²) in [5.74, 6) is 13.3. The van der Waals surface area contributed by atoms with E-state index >= 15 is 0 Å². The molecule has 8 rings (SSSR count). The number of carbonyl (C=O) groups is 1. The van der Waals surface area contributed by atoms with Crippen molar-refractivity contribution in [1.29, 1.82) is 0 Å². The SMILES string of the molecule is CC(C)(C)c1cc(-c2ccc(C#CCO)cc2)ccc1O.NC(=O)C#Cc1ccc(-c2ccc(O)c(C34CC5CC(CC(C5)C3)C4)c2)cc1. The summed E-state index contributed by atoms with van der Waals surface area (Å²) in [6.45, 7) is 6.12. The molecule has 0 spiro atoms. The Morgan fingerprint density at radius 3 is 1.67 bits per heavy atom. The highest BCUT2D eigenvalue weighted by Gasteiger charge is 2.52. The highest BCUT2D eigenvalue weighted by atomic mass is 16.3. The number of hydrogen-bond acceptors (Lipinski definition) is 4. The molecule has 4 aliphatic carbocycles. The van der Waals surface area contributed by atoms with Crippen LogP contribution in [0.1, 0.15) is 81.5 Å². The minimum Gasteiger partial charge on any atom is -0.508 e. The van der Waals surface area contributed by atoms with Crippen LogP contribution in [0.5, 0.6) is 11.5 Å². The predicted octanol–water partition coefficient (Wildman–Crippen LogP) is 8.06. The molecular formula is C44H45NO4. The van der Waals surface area contributed by atoms with E-state index < -0.39 is 5.91 Å². The molecule has 0 atom stereocenters. The monoisotopic (exact) mass is 651 g/mol. The zero-order chi connectivity index (χ0) is 34.8. The van der Waals surface area contributed by atoms with Gasteiger partial charge in [0, 0.05) is 16.7 Å². The van der Waals surface area contributed by atoms with Crippen molar-refractivity contribution < 1.29 is 20.1 Å². The van der Waals surface area contributed by atoms with E-state index in [2.05, 4.69) is 50.5 Å². The van der Waals surface area contributed by atoms with E-state index in [1.54, 1.807) is 6.07 Å². The van der Waals surface area contributed by atoms with Crippen molar-refractivity contribution in [3.05, 3.63) is 107 Å². The Kier molecular flexibility index (Phi) is 9.60. The van der Waals surface area contributed by atoms with Gasteiger partial charge in [0.05, 0.1) is 0 Å². The van der Waals surface area contributed by atoms with Crippen LogP contribution in [0, 0.1) is 41.4 Å². The number of aliphatic hydroxyl groups is 1. The van der Waals surface area contributed by atoms with Gasteiger partial charge in [-0.15, -0.1) is 0 Å². The molecular weight excluding hydrogens is 606 g/mol. The Bertz CT molecular complexity index is 1930. The molecule has 4 saturated carbocycles. The zero-order valence-electron chi connectivity index (χ0n) is 28.6. The first-order chi connectivity index (χ1) is 23.4. The molecule has 4 fully saturated rings. The first kappa shape index (κ1) is 33.9. The van der Waals surface area contributed by atoms with Gasteiger partial charge in [0.25, 0.3) is 5.91 Å². The maximum absolute atomic E-state index is 10.8. The van der Waals surface area contributed by atoms with Crippen LogP contribution in [0.2, 0.25) is 0 Å². The molecule has 0 aromatic heterocycles. The van der Waals surface area contributed by atoms with E-state index in [9.17, 15) is 15.0 Å². The lowest BCUT2D eigenvalue weighted by molar-refractivity contribution is -0.112. The molecule has 49 heavy (non-hydrogen) atoms. The molecule has 4 aliphatic rings. The molecule has 5 nitrogen and oxygen atoms in total. The molecule has 0 radical (unpaired) electrons. The van der Waals surface area contributed by atoms with E-state index in [-0.39, 0.29) is 17.4 Å². The maximum atomic E-state index is 10.8. The number of rotatable bonds is 3. The first-order valence-corrected chi connectivity index (χ1v) is 17.2. The lowest BCUT2D eigenvalue weighted by Gasteiger charge is -2.57. The van der Waals surface area contributed by atoms with Crippen LogP contribution in [-0.2, 0) is 15.6 Å². The third kappa shape index (κ3) is 7.69. The average molecular weight is 652 g/mol. The summed E-state index contributed by atoms with van der Waals surface area (Å²) in [5, 5.41) is 29.5. The second-order valence-electron chi connectivity index (χ2n) is 15.1. The number of phenolic OH excluding ortho intramolecular Hbond substituents is 2. The topological polar surface area (TPSA) is 104 Å². The number of hydrogen-bond donors (Lipinski definition) is 4. The van der Waals surface area contributed by atoms with Gasteiger partial charge in [0.2, 0.25) is 0 Å². The summed E-state index contributed by atoms with van der Waals surface area (Å²) >= 11 is 0. The molecule has 1 amide bonds. The van der Waals surface area contributed by atoms with E-state index in [1.807, 2.05) is 72.8 Å². The summed E-state index contributed by atoms with van der Waals surface area (Å²) < 4.78 is 0. The summed E-state index contributed by atoms with van der Waals surface area (Å²) in [7, 11) is 0. The Morgan fingerprint density at radius 1 is 0.714 bits per heavy atom. The Labute approximate surface area is 290 Å². The second kappa shape index (κ2) is 13.9. The van der Waals surface area contributed by atoms with Crippen LogP contribution in [0.3, 0.4) is 0 Å². The second-order valence-corrected chi connectivity index (χ2v) is 15.1. The molecule has 250 valence electrons. The van der Waals surface area contributed by atoms with E-state index in [0.717, 1.165) is 62.3 Å². The van der Waals surface area contributed by atoms with Crippen molar-refractivity contribution >= 4 is 5.91 Å². The van der Waals surface area contributed by atoms with Crippen LogP contribution in [-0.4, -0.2) is 27.8 Å². The Hall–Kier alpha value is -4.97. The number of primary amides is 1. The van der Waals surface area contributed by atoms with Gasteiger partial charge in [0.1, 0.15) is 18.1 Å². The van der Waals surface area contributed by atoms with Gasteiger partial charge in [-0.05, 0) is 149 Å². The van der Waals surface area contributed by atoms with Crippen LogP contribution in [0.25, 0.3) is 22.3 Å². The minimum atomic E-state index is -0.622. The van der Waals surface area contributed by atoms with Crippen molar-refractivity contribution in [2.75, 3.05) is 6.61 Å². The van der Waals surface area contributed by atoms with Gasteiger partial charge >= 0.3 is 0 Å². The highest BCUT2D eigenvalue weighted by Crippen LogP contribution is 2.62. The molecule has 4 aromatic rings. The fraction of sp³-hybridized carbons (Fsp3) is 0.341. The minimum absolute atomic E-state index is 0.105. The molecule has 0 unspecified atom stereocenters. The number of aromatic hydroxyl groups is 2. The van der Waals surface area contributed by atoms with Crippen molar-refractivity contribution in [3.8, 4) is 57.4 Å². The smallest absolute Gasteiger partial charge is 0.293 e. The standard InChI is InChI=1S/C25H25NO2.C19H20O2/c26-24(28)8-3-16-1-4-20(5-2-16)21-6-7-23(27)22(12-21)25-13-17-9-18(14-25)11-19(10-17)15-25;1-19(2,3)17-13-16(10-11-18(17)21)15-8-6-14(7-9-15)5-4-12-20/h1-2,4-7,12,17-19,27H,9-11,13-15H2,(H2,26,28);6-11,13,20-21H,12H2,1-3H3. The lowest BCUT2D eigenvalue weighted by Crippen LogP contribution is -2.48. The van der Waals surface area contributed by atoms with Crippen LogP contribution in [0.15, 0.2) is 84.9 Å². The van der Waals surface area contributed by atoms with Crippen molar-refractivity contribution in [1.82, 2.24) is 0 Å². The molecule has 0 heterocycles. The molecule has 5 heteroatoms. The maximum Gasteiger partial charge on any atom is 0.293 e. The van der Waals surface area contributed by atoms with E-state index in [4.69, 9.17) is 10.8 Å². The number of aliphatic hydroxyl groups excluding tert-OH is 1. The quantitative estimate of drug-likeness (QED) is 0.168. The number of amides is 1. The van der Waals surface area contributed by atoms with E-state index in [1.165, 1.54) is 38.5 Å². The van der Waals surface area contributed by atoms with Gasteiger partial charge in [-0.3, -0.25) is 4.79 Å². The van der Waals surface area contributed by atoms with Crippen LogP contribution in [0.4, 0.5) is 0 Å². The number of nitrogens with two attached hydrogens (primary N) is 1. The summed E-state index contributed by atoms with van der Waals surface area (Å²) in [4.78, 5) is 10.8. The summed E-state index contributed by atoms with van der Waals surface area (Å²) in [6.07, 6.45) is 7.89. The van der Waals surface area contributed by atoms with E-state index in [0.29, 0.717) is 11.5 Å². The molecule has 0 aliphatic heterocycles. The Morgan fingerprint density at radius 2 is 1.18 bits per heavy atom.